The molecule has 0 aliphatic carbocycles. The Morgan fingerprint density at radius 3 is 2.68 bits per heavy atom. The van der Waals surface area contributed by atoms with E-state index in [2.05, 4.69) is 34.2 Å². The van der Waals surface area contributed by atoms with E-state index in [1.54, 1.807) is 7.11 Å². The fourth-order valence-electron chi connectivity index (χ4n) is 2.11. The molecule has 0 fully saturated rings. The first-order chi connectivity index (χ1) is 9.15. The number of methoxy groups -OCH3 is 1. The van der Waals surface area contributed by atoms with Crippen molar-refractivity contribution < 1.29 is 9.15 Å². The Morgan fingerprint density at radius 2 is 2.11 bits per heavy atom. The second-order valence-electron chi connectivity index (χ2n) is 4.33. The van der Waals surface area contributed by atoms with Crippen molar-refractivity contribution in [2.75, 3.05) is 13.7 Å². The van der Waals surface area contributed by atoms with Gasteiger partial charge in [0.05, 0.1) is 13.2 Å². The molecule has 0 saturated carbocycles. The summed E-state index contributed by atoms with van der Waals surface area (Å²) in [5, 5.41) is 3.44. The molecule has 1 heterocycles. The zero-order chi connectivity index (χ0) is 13.8. The topological polar surface area (TPSA) is 34.4 Å². The van der Waals surface area contributed by atoms with Crippen LogP contribution in [0.3, 0.4) is 0 Å². The van der Waals surface area contributed by atoms with Crippen LogP contribution in [0, 0.1) is 6.92 Å². The first-order valence-corrected chi connectivity index (χ1v) is 7.08. The summed E-state index contributed by atoms with van der Waals surface area (Å²) in [5.74, 6) is 2.66. The molecule has 0 radical (unpaired) electrons. The average molecular weight is 324 g/mol. The van der Waals surface area contributed by atoms with Crippen LogP contribution in [-0.2, 0) is 0 Å². The van der Waals surface area contributed by atoms with Crippen LogP contribution in [0.25, 0.3) is 0 Å². The Labute approximate surface area is 122 Å². The molecule has 1 aromatic carbocycles. The van der Waals surface area contributed by atoms with Gasteiger partial charge in [0.2, 0.25) is 0 Å². The van der Waals surface area contributed by atoms with E-state index >= 15 is 0 Å². The van der Waals surface area contributed by atoms with E-state index in [1.165, 1.54) is 0 Å². The Hall–Kier alpha value is -1.26. The monoisotopic (exact) mass is 323 g/mol. The summed E-state index contributed by atoms with van der Waals surface area (Å²) in [6.45, 7) is 4.87. The Bertz CT molecular complexity index is 551. The molecule has 0 aliphatic heterocycles. The van der Waals surface area contributed by atoms with Gasteiger partial charge in [0.25, 0.3) is 0 Å². The fraction of sp³-hybridized carbons (Fsp3) is 0.333. The van der Waals surface area contributed by atoms with Crippen molar-refractivity contribution >= 4 is 15.9 Å². The minimum atomic E-state index is -0.00819. The minimum Gasteiger partial charge on any atom is -0.496 e. The molecular weight excluding hydrogens is 306 g/mol. The third-order valence-electron chi connectivity index (χ3n) is 2.96. The third kappa shape index (κ3) is 3.19. The van der Waals surface area contributed by atoms with Gasteiger partial charge in [-0.2, -0.15) is 0 Å². The lowest BCUT2D eigenvalue weighted by Crippen LogP contribution is -2.22. The molecule has 2 rings (SSSR count). The van der Waals surface area contributed by atoms with E-state index in [4.69, 9.17) is 9.15 Å². The molecule has 1 aromatic heterocycles. The van der Waals surface area contributed by atoms with Crippen LogP contribution in [0.1, 0.15) is 30.0 Å². The first-order valence-electron chi connectivity index (χ1n) is 6.29. The smallest absolute Gasteiger partial charge is 0.125 e. The SMILES string of the molecule is CCNC(c1ccc(C)o1)c1cc(Br)ccc1OC. The van der Waals surface area contributed by atoms with E-state index in [-0.39, 0.29) is 6.04 Å². The van der Waals surface area contributed by atoms with Gasteiger partial charge in [0.15, 0.2) is 0 Å². The highest BCUT2D eigenvalue weighted by Crippen LogP contribution is 2.33. The second kappa shape index (κ2) is 6.26. The van der Waals surface area contributed by atoms with Crippen LogP contribution in [0.4, 0.5) is 0 Å². The molecule has 0 amide bonds. The van der Waals surface area contributed by atoms with Gasteiger partial charge in [-0.3, -0.25) is 0 Å². The van der Waals surface area contributed by atoms with Crippen LogP contribution >= 0.6 is 15.9 Å². The van der Waals surface area contributed by atoms with Gasteiger partial charge in [-0.1, -0.05) is 22.9 Å². The number of hydrogen-bond acceptors (Lipinski definition) is 3. The highest BCUT2D eigenvalue weighted by Gasteiger charge is 2.20. The Morgan fingerprint density at radius 1 is 1.32 bits per heavy atom. The molecule has 1 atom stereocenters. The normalized spacial score (nSPS) is 12.4. The minimum absolute atomic E-state index is 0.00819. The lowest BCUT2D eigenvalue weighted by molar-refractivity contribution is 0.390. The summed E-state index contributed by atoms with van der Waals surface area (Å²) >= 11 is 3.51. The maximum absolute atomic E-state index is 5.76. The summed E-state index contributed by atoms with van der Waals surface area (Å²) in [4.78, 5) is 0. The molecule has 0 bridgehead atoms. The van der Waals surface area contributed by atoms with Gasteiger partial charge in [0, 0.05) is 10.0 Å². The highest BCUT2D eigenvalue weighted by molar-refractivity contribution is 9.10. The van der Waals surface area contributed by atoms with Crippen molar-refractivity contribution in [1.29, 1.82) is 0 Å². The average Bonchev–Trinajstić information content (AvgIpc) is 2.82. The number of ether oxygens (including phenoxy) is 1. The Balaban J connectivity index is 2.46. The molecule has 1 unspecified atom stereocenters. The van der Waals surface area contributed by atoms with Crippen LogP contribution in [-0.4, -0.2) is 13.7 Å². The number of aryl methyl sites for hydroxylation is 1. The van der Waals surface area contributed by atoms with Crippen LogP contribution in [0.2, 0.25) is 0 Å². The predicted molar refractivity (Wildman–Crippen MR) is 79.7 cm³/mol. The molecule has 102 valence electrons. The van der Waals surface area contributed by atoms with Gasteiger partial charge in [-0.05, 0) is 43.8 Å². The second-order valence-corrected chi connectivity index (χ2v) is 5.24. The third-order valence-corrected chi connectivity index (χ3v) is 3.45. The van der Waals surface area contributed by atoms with E-state index < -0.39 is 0 Å². The summed E-state index contributed by atoms with van der Waals surface area (Å²) in [5.41, 5.74) is 1.06. The molecule has 1 N–H and O–H groups in total. The van der Waals surface area contributed by atoms with Crippen molar-refractivity contribution in [1.82, 2.24) is 5.32 Å². The lowest BCUT2D eigenvalue weighted by Gasteiger charge is -2.19. The predicted octanol–water partition coefficient (Wildman–Crippen LogP) is 4.06. The summed E-state index contributed by atoms with van der Waals surface area (Å²) < 4.78 is 12.2. The number of furan rings is 1. The van der Waals surface area contributed by atoms with Crippen molar-refractivity contribution in [3.63, 3.8) is 0 Å². The van der Waals surface area contributed by atoms with E-state index in [9.17, 15) is 0 Å². The quantitative estimate of drug-likeness (QED) is 0.901. The van der Waals surface area contributed by atoms with Crippen molar-refractivity contribution in [2.24, 2.45) is 0 Å². The van der Waals surface area contributed by atoms with Gasteiger partial charge in [-0.15, -0.1) is 0 Å². The fourth-order valence-corrected chi connectivity index (χ4v) is 2.49. The van der Waals surface area contributed by atoms with E-state index in [0.717, 1.165) is 33.9 Å². The molecule has 19 heavy (non-hydrogen) atoms. The molecule has 4 heteroatoms. The van der Waals surface area contributed by atoms with Crippen molar-refractivity contribution in [3.8, 4) is 5.75 Å². The molecular formula is C15H18BrNO2. The van der Waals surface area contributed by atoms with Crippen LogP contribution in [0.5, 0.6) is 5.75 Å². The number of halogens is 1. The molecule has 3 nitrogen and oxygen atoms in total. The van der Waals surface area contributed by atoms with Crippen molar-refractivity contribution in [2.45, 2.75) is 19.9 Å². The number of hydrogen-bond donors (Lipinski definition) is 1. The Kier molecular flexibility index (Phi) is 4.66. The largest absolute Gasteiger partial charge is 0.496 e. The molecule has 0 spiro atoms. The van der Waals surface area contributed by atoms with Crippen molar-refractivity contribution in [3.05, 3.63) is 51.9 Å². The van der Waals surface area contributed by atoms with Gasteiger partial charge < -0.3 is 14.5 Å². The van der Waals surface area contributed by atoms with Crippen LogP contribution < -0.4 is 10.1 Å². The standard InChI is InChI=1S/C15H18BrNO2/c1-4-17-15(14-7-5-10(2)19-14)12-9-11(16)6-8-13(12)18-3/h5-9,15,17H,4H2,1-3H3. The zero-order valence-corrected chi connectivity index (χ0v) is 13.0. The van der Waals surface area contributed by atoms with Gasteiger partial charge in [-0.25, -0.2) is 0 Å². The molecule has 2 aromatic rings. The van der Waals surface area contributed by atoms with Gasteiger partial charge in [0.1, 0.15) is 17.3 Å². The first kappa shape index (κ1) is 14.2. The highest BCUT2D eigenvalue weighted by atomic mass is 79.9. The lowest BCUT2D eigenvalue weighted by atomic mass is 10.0. The van der Waals surface area contributed by atoms with E-state index in [1.807, 2.05) is 31.2 Å². The number of benzene rings is 1. The maximum atomic E-state index is 5.76. The maximum Gasteiger partial charge on any atom is 0.125 e. The summed E-state index contributed by atoms with van der Waals surface area (Å²) in [6, 6.07) is 9.96. The van der Waals surface area contributed by atoms with E-state index in [0.29, 0.717) is 0 Å². The number of rotatable bonds is 5. The number of nitrogens with one attached hydrogen (secondary N) is 1. The summed E-state index contributed by atoms with van der Waals surface area (Å²) in [7, 11) is 1.68. The molecule has 0 saturated heterocycles. The summed E-state index contributed by atoms with van der Waals surface area (Å²) in [6.07, 6.45) is 0. The van der Waals surface area contributed by atoms with Gasteiger partial charge >= 0.3 is 0 Å². The molecule has 0 aliphatic rings. The van der Waals surface area contributed by atoms with Crippen LogP contribution in [0.15, 0.2) is 39.2 Å². The zero-order valence-electron chi connectivity index (χ0n) is 11.4.